The zero-order valence-electron chi connectivity index (χ0n) is 18.5. The summed E-state index contributed by atoms with van der Waals surface area (Å²) in [6.45, 7) is 2.56. The fourth-order valence-electron chi connectivity index (χ4n) is 3.18. The molecule has 3 aromatic rings. The van der Waals surface area contributed by atoms with Gasteiger partial charge in [0.1, 0.15) is 30.0 Å². The van der Waals surface area contributed by atoms with Crippen LogP contribution in [0.15, 0.2) is 78.9 Å². The van der Waals surface area contributed by atoms with Crippen molar-refractivity contribution >= 4 is 12.7 Å². The van der Waals surface area contributed by atoms with Crippen molar-refractivity contribution in [3.05, 3.63) is 84.4 Å². The lowest BCUT2D eigenvalue weighted by Gasteiger charge is -2.18. The Balaban J connectivity index is 1.39. The number of phenolic OH excluding ortho intramolecular Hbond substituents is 1. The molecule has 0 aromatic heterocycles. The molecule has 1 unspecified atom stereocenters. The Morgan fingerprint density at radius 2 is 1.52 bits per heavy atom. The molecule has 0 aliphatic heterocycles. The van der Waals surface area contributed by atoms with Crippen LogP contribution in [-0.4, -0.2) is 46.8 Å². The van der Waals surface area contributed by atoms with E-state index in [2.05, 4.69) is 5.32 Å². The number of rotatable bonds is 12. The van der Waals surface area contributed by atoms with Gasteiger partial charge < -0.3 is 29.9 Å². The second-order valence-corrected chi connectivity index (χ2v) is 10.1. The molecule has 3 rings (SSSR count). The molecule has 8 heteroatoms. The van der Waals surface area contributed by atoms with Gasteiger partial charge in [-0.1, -0.05) is 30.3 Å². The van der Waals surface area contributed by atoms with E-state index in [9.17, 15) is 19.7 Å². The van der Waals surface area contributed by atoms with Crippen LogP contribution >= 0.6 is 7.37 Å². The van der Waals surface area contributed by atoms with E-state index >= 15 is 0 Å². The second-order valence-electron chi connectivity index (χ2n) is 7.93. The third-order valence-corrected chi connectivity index (χ3v) is 6.60. The molecule has 0 radical (unpaired) electrons. The van der Waals surface area contributed by atoms with Gasteiger partial charge in [-0.05, 0) is 67.4 Å². The minimum Gasteiger partial charge on any atom is -0.508 e. The first-order valence-electron chi connectivity index (χ1n) is 10.7. The van der Waals surface area contributed by atoms with Crippen LogP contribution in [0.4, 0.5) is 0 Å². The van der Waals surface area contributed by atoms with Crippen molar-refractivity contribution in [1.29, 1.82) is 0 Å². The van der Waals surface area contributed by atoms with Crippen molar-refractivity contribution < 1.29 is 29.1 Å². The molecule has 0 saturated heterocycles. The van der Waals surface area contributed by atoms with E-state index in [-0.39, 0.29) is 24.7 Å². The topological polar surface area (TPSA) is 108 Å². The van der Waals surface area contributed by atoms with Gasteiger partial charge in [0.2, 0.25) is 0 Å². The predicted molar refractivity (Wildman–Crippen MR) is 129 cm³/mol. The molecule has 3 aromatic carbocycles. The molecule has 3 atom stereocenters. The van der Waals surface area contributed by atoms with Gasteiger partial charge in [0.15, 0.2) is 6.35 Å². The highest BCUT2D eigenvalue weighted by molar-refractivity contribution is 7.65. The Hall–Kier alpha value is -2.83. The number of aromatic hydroxyl groups is 1. The molecular formula is C25H30NO6P. The molecule has 7 nitrogen and oxygen atoms in total. The number of hydrogen-bond acceptors (Lipinski definition) is 6. The average Bonchev–Trinajstić information content (AvgIpc) is 2.82. The normalized spacial score (nSPS) is 14.8. The number of hydrogen-bond donors (Lipinski definition) is 4. The monoisotopic (exact) mass is 471 g/mol. The molecule has 0 aliphatic rings. The van der Waals surface area contributed by atoms with E-state index in [4.69, 9.17) is 9.47 Å². The number of aliphatic hydroxyl groups excluding tert-OH is 1. The van der Waals surface area contributed by atoms with E-state index in [0.717, 1.165) is 12.0 Å². The summed E-state index contributed by atoms with van der Waals surface area (Å²) >= 11 is 0. The van der Waals surface area contributed by atoms with Gasteiger partial charge in [0.05, 0.1) is 0 Å². The third-order valence-electron chi connectivity index (χ3n) is 5.01. The molecule has 33 heavy (non-hydrogen) atoms. The summed E-state index contributed by atoms with van der Waals surface area (Å²) in [5, 5.41) is 23.1. The molecule has 0 spiro atoms. The molecule has 0 bridgehead atoms. The maximum Gasteiger partial charge on any atom is 0.265 e. The number of benzene rings is 3. The van der Waals surface area contributed by atoms with Crippen LogP contribution in [-0.2, 0) is 11.0 Å². The van der Waals surface area contributed by atoms with E-state index in [1.54, 1.807) is 54.6 Å². The van der Waals surface area contributed by atoms with Crippen LogP contribution in [0, 0.1) is 0 Å². The van der Waals surface area contributed by atoms with Crippen LogP contribution in [0.2, 0.25) is 0 Å². The Labute approximate surface area is 194 Å². The molecule has 0 fully saturated rings. The first kappa shape index (κ1) is 24.8. The highest BCUT2D eigenvalue weighted by Gasteiger charge is 2.22. The molecule has 4 N–H and O–H groups in total. The number of nitrogens with one attached hydrogen (secondary N) is 1. The van der Waals surface area contributed by atoms with Crippen molar-refractivity contribution in [1.82, 2.24) is 5.32 Å². The summed E-state index contributed by atoms with van der Waals surface area (Å²) in [5.41, 5.74) is 1.08. The summed E-state index contributed by atoms with van der Waals surface area (Å²) in [5.74, 6) is 1.29. The van der Waals surface area contributed by atoms with Gasteiger partial charge >= 0.3 is 0 Å². The average molecular weight is 471 g/mol. The fourth-order valence-corrected chi connectivity index (χ4v) is 4.29. The highest BCUT2D eigenvalue weighted by atomic mass is 31.2. The lowest BCUT2D eigenvalue weighted by Crippen LogP contribution is -2.37. The number of ether oxygens (including phenoxy) is 2. The lowest BCUT2D eigenvalue weighted by molar-refractivity contribution is 0.104. The summed E-state index contributed by atoms with van der Waals surface area (Å²) < 4.78 is 23.5. The number of aliphatic hydroxyl groups is 1. The minimum atomic E-state index is -3.57. The van der Waals surface area contributed by atoms with E-state index in [0.29, 0.717) is 23.3 Å². The van der Waals surface area contributed by atoms with Crippen LogP contribution in [0.5, 0.6) is 17.2 Å². The van der Waals surface area contributed by atoms with Crippen LogP contribution in [0.1, 0.15) is 12.5 Å². The van der Waals surface area contributed by atoms with Crippen molar-refractivity contribution in [2.45, 2.75) is 25.5 Å². The zero-order valence-corrected chi connectivity index (χ0v) is 19.4. The predicted octanol–water partition coefficient (Wildman–Crippen LogP) is 3.28. The quantitative estimate of drug-likeness (QED) is 0.300. The molecule has 0 heterocycles. The summed E-state index contributed by atoms with van der Waals surface area (Å²) in [4.78, 5) is 10.2. The summed E-state index contributed by atoms with van der Waals surface area (Å²) in [6.07, 6.45) is -0.206. The first-order valence-corrected chi connectivity index (χ1v) is 12.6. The van der Waals surface area contributed by atoms with E-state index < -0.39 is 13.5 Å². The maximum absolute atomic E-state index is 12.5. The van der Waals surface area contributed by atoms with Crippen molar-refractivity contribution in [3.63, 3.8) is 0 Å². The van der Waals surface area contributed by atoms with Gasteiger partial charge in [-0.2, -0.15) is 0 Å². The largest absolute Gasteiger partial charge is 0.508 e. The maximum atomic E-state index is 12.5. The van der Waals surface area contributed by atoms with Crippen LogP contribution in [0.25, 0.3) is 0 Å². The molecular weight excluding hydrogens is 441 g/mol. The van der Waals surface area contributed by atoms with Crippen molar-refractivity contribution in [2.24, 2.45) is 0 Å². The standard InChI is InChI=1S/C25H30NO6P/c1-19(26-16-22(28)17-31-23-13-9-21(27)10-14-23)15-20-7-11-24(12-8-20)32-18-33(29,30)25-5-3-2-4-6-25/h2-14,19,22,26-28H,15-18H2,1H3,(H,29,30)/t19-,22+/m0/s1. The van der Waals surface area contributed by atoms with Gasteiger partial charge in [-0.3, -0.25) is 4.57 Å². The Morgan fingerprint density at radius 1 is 0.909 bits per heavy atom. The Bertz CT molecular complexity index is 1030. The van der Waals surface area contributed by atoms with Gasteiger partial charge in [0, 0.05) is 17.9 Å². The SMILES string of the molecule is C[C@@H](Cc1ccc(OCP(=O)(O)c2ccccc2)cc1)NC[C@@H](O)COc1ccc(O)cc1. The molecule has 176 valence electrons. The van der Waals surface area contributed by atoms with Crippen LogP contribution in [0.3, 0.4) is 0 Å². The molecule has 0 saturated carbocycles. The van der Waals surface area contributed by atoms with Gasteiger partial charge in [-0.15, -0.1) is 0 Å². The van der Waals surface area contributed by atoms with E-state index in [1.165, 1.54) is 12.1 Å². The molecule has 0 amide bonds. The number of phenols is 1. The van der Waals surface area contributed by atoms with Gasteiger partial charge in [0.25, 0.3) is 7.37 Å². The Kier molecular flexibility index (Phi) is 8.92. The van der Waals surface area contributed by atoms with Gasteiger partial charge in [-0.25, -0.2) is 0 Å². The molecule has 0 aliphatic carbocycles. The smallest absolute Gasteiger partial charge is 0.265 e. The zero-order chi connectivity index (χ0) is 23.7. The lowest BCUT2D eigenvalue weighted by atomic mass is 10.1. The first-order chi connectivity index (χ1) is 15.8. The Morgan fingerprint density at radius 3 is 2.18 bits per heavy atom. The van der Waals surface area contributed by atoms with Crippen molar-refractivity contribution in [2.75, 3.05) is 19.5 Å². The second kappa shape index (κ2) is 11.9. The summed E-state index contributed by atoms with van der Waals surface area (Å²) in [6, 6.07) is 22.4. The van der Waals surface area contributed by atoms with Crippen molar-refractivity contribution in [3.8, 4) is 17.2 Å². The minimum absolute atomic E-state index is 0.121. The fraction of sp³-hybridized carbons (Fsp3) is 0.280. The van der Waals surface area contributed by atoms with E-state index in [1.807, 2.05) is 19.1 Å². The summed E-state index contributed by atoms with van der Waals surface area (Å²) in [7, 11) is -3.57. The highest BCUT2D eigenvalue weighted by Crippen LogP contribution is 2.39. The third kappa shape index (κ3) is 8.22. The van der Waals surface area contributed by atoms with Crippen LogP contribution < -0.4 is 20.1 Å².